The van der Waals surface area contributed by atoms with Crippen molar-refractivity contribution in [1.82, 2.24) is 15.5 Å². The van der Waals surface area contributed by atoms with Crippen LogP contribution in [0.15, 0.2) is 60.7 Å². The second-order valence-electron chi connectivity index (χ2n) is 11.8. The van der Waals surface area contributed by atoms with Crippen LogP contribution in [0.25, 0.3) is 0 Å². The molecule has 0 radical (unpaired) electrons. The van der Waals surface area contributed by atoms with Crippen LogP contribution in [0.1, 0.15) is 37.7 Å². The fourth-order valence-electron chi connectivity index (χ4n) is 6.37. The molecule has 9 nitrogen and oxygen atoms in total. The first kappa shape index (κ1) is 31.0. The molecule has 3 aliphatic heterocycles. The molecular formula is C33H41ClN4O5. The lowest BCUT2D eigenvalue weighted by Gasteiger charge is -2.40. The number of methoxy groups -OCH3 is 1. The van der Waals surface area contributed by atoms with Gasteiger partial charge in [-0.15, -0.1) is 0 Å². The molecule has 0 bridgehead atoms. The minimum Gasteiger partial charge on any atom is -0.495 e. The van der Waals surface area contributed by atoms with Crippen molar-refractivity contribution in [2.45, 2.75) is 50.6 Å². The van der Waals surface area contributed by atoms with Gasteiger partial charge in [0.1, 0.15) is 11.8 Å². The van der Waals surface area contributed by atoms with Gasteiger partial charge in [-0.1, -0.05) is 54.1 Å². The normalized spacial score (nSPS) is 25.3. The second kappa shape index (κ2) is 14.4. The zero-order valence-corrected chi connectivity index (χ0v) is 25.4. The van der Waals surface area contributed by atoms with Crippen molar-refractivity contribution < 1.29 is 23.9 Å². The molecule has 3 heterocycles. The number of ether oxygens (including phenoxy) is 2. The number of hydrogen-bond donors (Lipinski definition) is 3. The van der Waals surface area contributed by atoms with E-state index in [0.717, 1.165) is 12.0 Å². The molecule has 10 heteroatoms. The summed E-state index contributed by atoms with van der Waals surface area (Å²) < 4.78 is 11.0. The molecule has 2 aromatic carbocycles. The Bertz CT molecular complexity index is 1310. The molecular weight excluding hydrogens is 568 g/mol. The average molecular weight is 609 g/mol. The van der Waals surface area contributed by atoms with E-state index < -0.39 is 11.5 Å². The van der Waals surface area contributed by atoms with Crippen molar-refractivity contribution in [2.24, 2.45) is 11.3 Å². The van der Waals surface area contributed by atoms with E-state index in [4.69, 9.17) is 21.1 Å². The summed E-state index contributed by atoms with van der Waals surface area (Å²) in [6.07, 6.45) is 7.95. The van der Waals surface area contributed by atoms with Gasteiger partial charge >= 0.3 is 0 Å². The molecule has 0 unspecified atom stereocenters. The van der Waals surface area contributed by atoms with Gasteiger partial charge in [-0.3, -0.25) is 19.3 Å². The van der Waals surface area contributed by atoms with Crippen LogP contribution in [0.4, 0.5) is 5.69 Å². The Kier molecular flexibility index (Phi) is 10.4. The Labute approximate surface area is 258 Å². The lowest BCUT2D eigenvalue weighted by Crippen LogP contribution is -2.58. The number of fused-ring (bicyclic) bond motifs is 1. The van der Waals surface area contributed by atoms with E-state index in [2.05, 4.69) is 33.0 Å². The molecule has 43 heavy (non-hydrogen) atoms. The third kappa shape index (κ3) is 7.96. The Morgan fingerprint density at radius 1 is 1.12 bits per heavy atom. The first-order valence-electron chi connectivity index (χ1n) is 15.1. The van der Waals surface area contributed by atoms with Crippen LogP contribution in [0.5, 0.6) is 5.75 Å². The molecule has 0 aliphatic carbocycles. The van der Waals surface area contributed by atoms with Gasteiger partial charge in [0, 0.05) is 43.8 Å². The van der Waals surface area contributed by atoms with Crippen LogP contribution in [-0.2, 0) is 25.5 Å². The standard InChI is InChI=1S/C33H41ClN4O5/c1-42-29-11-10-25(34)20-27(29)35-30(39)22-38-16-12-26-24(21-38)9-5-6-13-33(14-17-43-18-15-33)32(41)37-28(31(40)36-26)19-23-7-3-2-4-8-23/h2-8,10-11,20,24,26,28H,9,12-19,21-22H2,1H3,(H,35,39)(H,36,40)(H,37,41)/b6-5+/t24-,26+,28+/m0/s1. The fourth-order valence-corrected chi connectivity index (χ4v) is 6.54. The first-order valence-corrected chi connectivity index (χ1v) is 15.5. The molecule has 3 atom stereocenters. The number of hydrogen-bond acceptors (Lipinski definition) is 6. The summed E-state index contributed by atoms with van der Waals surface area (Å²) in [5.41, 5.74) is 0.926. The van der Waals surface area contributed by atoms with Gasteiger partial charge in [-0.25, -0.2) is 0 Å². The predicted octanol–water partition coefficient (Wildman–Crippen LogP) is 3.97. The van der Waals surface area contributed by atoms with E-state index >= 15 is 0 Å². The average Bonchev–Trinajstić information content (AvgIpc) is 3.00. The topological polar surface area (TPSA) is 109 Å². The Morgan fingerprint density at radius 3 is 2.67 bits per heavy atom. The highest BCUT2D eigenvalue weighted by atomic mass is 35.5. The number of carbonyl (C=O) groups is 3. The summed E-state index contributed by atoms with van der Waals surface area (Å²) in [4.78, 5) is 42.7. The molecule has 3 amide bonds. The molecule has 3 aliphatic rings. The van der Waals surface area contributed by atoms with Crippen LogP contribution in [0.2, 0.25) is 5.02 Å². The van der Waals surface area contributed by atoms with Gasteiger partial charge in [0.05, 0.1) is 24.8 Å². The molecule has 0 saturated carbocycles. The van der Waals surface area contributed by atoms with Crippen molar-refractivity contribution in [1.29, 1.82) is 0 Å². The number of allylic oxidation sites excluding steroid dienone is 2. The molecule has 0 aromatic heterocycles. The van der Waals surface area contributed by atoms with E-state index in [1.807, 2.05) is 30.3 Å². The number of nitrogens with one attached hydrogen (secondary N) is 3. The van der Waals surface area contributed by atoms with Crippen LogP contribution in [-0.4, -0.2) is 74.7 Å². The maximum absolute atomic E-state index is 13.8. The van der Waals surface area contributed by atoms with Crippen molar-refractivity contribution in [3.8, 4) is 5.75 Å². The van der Waals surface area contributed by atoms with Gasteiger partial charge in [-0.05, 0) is 61.8 Å². The van der Waals surface area contributed by atoms with Crippen LogP contribution in [0.3, 0.4) is 0 Å². The van der Waals surface area contributed by atoms with Crippen molar-refractivity contribution in [3.05, 3.63) is 71.3 Å². The number of benzene rings is 2. The molecule has 1 spiro atoms. The lowest BCUT2D eigenvalue weighted by molar-refractivity contribution is -0.140. The Hall–Kier alpha value is -3.40. The van der Waals surface area contributed by atoms with Gasteiger partial charge in [0.15, 0.2) is 0 Å². The summed E-state index contributed by atoms with van der Waals surface area (Å²) in [7, 11) is 1.55. The smallest absolute Gasteiger partial charge is 0.243 e. The molecule has 2 aromatic rings. The summed E-state index contributed by atoms with van der Waals surface area (Å²) in [6, 6.07) is 14.1. The number of anilines is 1. The lowest BCUT2D eigenvalue weighted by atomic mass is 9.75. The van der Waals surface area contributed by atoms with E-state index in [-0.39, 0.29) is 36.2 Å². The predicted molar refractivity (Wildman–Crippen MR) is 166 cm³/mol. The number of amides is 3. The number of rotatable bonds is 6. The summed E-state index contributed by atoms with van der Waals surface area (Å²) in [5.74, 6) is 0.256. The quantitative estimate of drug-likeness (QED) is 0.428. The third-order valence-electron chi connectivity index (χ3n) is 8.90. The molecule has 2 fully saturated rings. The number of carbonyl (C=O) groups excluding carboxylic acids is 3. The highest BCUT2D eigenvalue weighted by Gasteiger charge is 2.41. The molecule has 2 saturated heterocycles. The number of halogens is 1. The van der Waals surface area contributed by atoms with Crippen LogP contribution in [0, 0.1) is 11.3 Å². The van der Waals surface area contributed by atoms with E-state index in [1.165, 1.54) is 0 Å². The SMILES string of the molecule is COc1ccc(Cl)cc1NC(=O)CN1CC[C@H]2NC(=O)[C@@H](Cc3ccccc3)NC(=O)C3(C/C=C/C[C@H]2C1)CCOCC3. The Morgan fingerprint density at radius 2 is 1.91 bits per heavy atom. The first-order chi connectivity index (χ1) is 20.8. The largest absolute Gasteiger partial charge is 0.495 e. The molecule has 3 N–H and O–H groups in total. The van der Waals surface area contributed by atoms with E-state index in [9.17, 15) is 14.4 Å². The van der Waals surface area contributed by atoms with Gasteiger partial charge in [-0.2, -0.15) is 0 Å². The maximum Gasteiger partial charge on any atom is 0.243 e. The van der Waals surface area contributed by atoms with Gasteiger partial charge in [0.25, 0.3) is 0 Å². The monoisotopic (exact) mass is 608 g/mol. The summed E-state index contributed by atoms with van der Waals surface area (Å²) >= 11 is 6.14. The van der Waals surface area contributed by atoms with Crippen molar-refractivity contribution >= 4 is 35.0 Å². The van der Waals surface area contributed by atoms with Crippen molar-refractivity contribution in [2.75, 3.05) is 45.3 Å². The fraction of sp³-hybridized carbons (Fsp3) is 0.485. The van der Waals surface area contributed by atoms with Gasteiger partial charge < -0.3 is 25.4 Å². The van der Waals surface area contributed by atoms with Gasteiger partial charge in [0.2, 0.25) is 17.7 Å². The highest BCUT2D eigenvalue weighted by molar-refractivity contribution is 6.31. The minimum atomic E-state index is -0.685. The van der Waals surface area contributed by atoms with Crippen LogP contribution >= 0.6 is 11.6 Å². The van der Waals surface area contributed by atoms with E-state index in [1.54, 1.807) is 25.3 Å². The number of nitrogens with zero attached hydrogens (tertiary/aromatic N) is 1. The van der Waals surface area contributed by atoms with Crippen molar-refractivity contribution in [3.63, 3.8) is 0 Å². The minimum absolute atomic E-state index is 0.0730. The highest BCUT2D eigenvalue weighted by Crippen LogP contribution is 2.36. The maximum atomic E-state index is 13.8. The summed E-state index contributed by atoms with van der Waals surface area (Å²) in [5, 5.41) is 9.86. The van der Waals surface area contributed by atoms with E-state index in [0.29, 0.717) is 74.9 Å². The van der Waals surface area contributed by atoms with Crippen LogP contribution < -0.4 is 20.7 Å². The number of likely N-dealkylation sites (tertiary alicyclic amines) is 1. The third-order valence-corrected chi connectivity index (χ3v) is 9.13. The Balaban J connectivity index is 1.31. The molecule has 5 rings (SSSR count). The molecule has 230 valence electrons. The zero-order chi connectivity index (χ0) is 30.2. The summed E-state index contributed by atoms with van der Waals surface area (Å²) in [6.45, 7) is 2.58. The second-order valence-corrected chi connectivity index (χ2v) is 12.2. The number of piperidine rings is 1. The zero-order valence-electron chi connectivity index (χ0n) is 24.7.